The van der Waals surface area contributed by atoms with Gasteiger partial charge in [0.2, 0.25) is 0 Å². The summed E-state index contributed by atoms with van der Waals surface area (Å²) in [6.07, 6.45) is 5.78. The largest absolute Gasteiger partial charge is 0.497 e. The molecule has 1 aliphatic carbocycles. The van der Waals surface area contributed by atoms with Crippen molar-refractivity contribution >= 4 is 47.6 Å². The first kappa shape index (κ1) is 22.9. The Bertz CT molecular complexity index is 600. The number of guanidine groups is 1. The van der Waals surface area contributed by atoms with Gasteiger partial charge in [0, 0.05) is 37.0 Å². The van der Waals surface area contributed by atoms with E-state index in [1.165, 1.54) is 19.3 Å². The van der Waals surface area contributed by atoms with Crippen LogP contribution in [0.4, 0.5) is 0 Å². The second-order valence-corrected chi connectivity index (χ2v) is 7.14. The molecule has 0 radical (unpaired) electrons. The van der Waals surface area contributed by atoms with Crippen molar-refractivity contribution in [3.63, 3.8) is 0 Å². The maximum atomic E-state index is 12.1. The highest BCUT2D eigenvalue weighted by molar-refractivity contribution is 14.0. The minimum Gasteiger partial charge on any atom is -0.497 e. The molecule has 26 heavy (non-hydrogen) atoms. The number of carbonyl (C=O) groups excluding carboxylic acids is 1. The normalized spacial score (nSPS) is 19.4. The van der Waals surface area contributed by atoms with Gasteiger partial charge in [-0.25, -0.2) is 0 Å². The summed E-state index contributed by atoms with van der Waals surface area (Å²) in [5.74, 6) is 1.36. The van der Waals surface area contributed by atoms with Gasteiger partial charge in [-0.1, -0.05) is 6.07 Å². The van der Waals surface area contributed by atoms with Gasteiger partial charge >= 0.3 is 0 Å². The molecule has 0 saturated heterocycles. The monoisotopic (exact) mass is 492 g/mol. The van der Waals surface area contributed by atoms with E-state index in [0.29, 0.717) is 30.4 Å². The van der Waals surface area contributed by atoms with E-state index in [0.717, 1.165) is 11.2 Å². The number of ether oxygens (including phenoxy) is 1. The van der Waals surface area contributed by atoms with Crippen LogP contribution in [0.15, 0.2) is 29.3 Å². The first-order chi connectivity index (χ1) is 12.2. The molecule has 0 bridgehead atoms. The van der Waals surface area contributed by atoms with Gasteiger partial charge in [-0.2, -0.15) is 11.8 Å². The Hall–Kier alpha value is -1.16. The molecule has 6 nitrogen and oxygen atoms in total. The summed E-state index contributed by atoms with van der Waals surface area (Å²) >= 11 is 1.94. The van der Waals surface area contributed by atoms with Gasteiger partial charge in [0.05, 0.1) is 7.11 Å². The summed E-state index contributed by atoms with van der Waals surface area (Å²) < 4.78 is 5.14. The molecule has 0 aliphatic heterocycles. The highest BCUT2D eigenvalue weighted by Gasteiger charge is 2.24. The summed E-state index contributed by atoms with van der Waals surface area (Å²) in [6.45, 7) is 1.14. The van der Waals surface area contributed by atoms with E-state index in [4.69, 9.17) is 4.74 Å². The molecule has 3 N–H and O–H groups in total. The van der Waals surface area contributed by atoms with Gasteiger partial charge in [-0.15, -0.1) is 24.0 Å². The van der Waals surface area contributed by atoms with E-state index in [-0.39, 0.29) is 29.9 Å². The lowest BCUT2D eigenvalue weighted by atomic mass is 10.2. The molecule has 146 valence electrons. The third kappa shape index (κ3) is 7.22. The fourth-order valence-corrected chi connectivity index (χ4v) is 3.69. The standard InChI is InChI=1S/C18H28N4O2S.HI/c1-19-18(22-14-7-8-16(12-14)25-3)21-10-9-20-17(23)13-5-4-6-15(11-13)24-2;/h4-6,11,14,16H,7-10,12H2,1-3H3,(H,20,23)(H2,19,21,22);1H. The topological polar surface area (TPSA) is 74.8 Å². The lowest BCUT2D eigenvalue weighted by Gasteiger charge is -2.17. The molecule has 0 aromatic heterocycles. The molecule has 1 aromatic rings. The number of nitrogens with one attached hydrogen (secondary N) is 3. The quantitative estimate of drug-likeness (QED) is 0.236. The zero-order chi connectivity index (χ0) is 18.1. The Morgan fingerprint density at radius 2 is 2.08 bits per heavy atom. The summed E-state index contributed by atoms with van der Waals surface area (Å²) in [6, 6.07) is 7.61. The minimum atomic E-state index is -0.109. The second-order valence-electron chi connectivity index (χ2n) is 6.00. The average molecular weight is 492 g/mol. The summed E-state index contributed by atoms with van der Waals surface area (Å²) in [4.78, 5) is 16.4. The second kappa shape index (κ2) is 12.3. The molecule has 8 heteroatoms. The van der Waals surface area contributed by atoms with Gasteiger partial charge < -0.3 is 20.7 Å². The maximum Gasteiger partial charge on any atom is 0.251 e. The number of amides is 1. The number of hydrogen-bond donors (Lipinski definition) is 3. The summed E-state index contributed by atoms with van der Waals surface area (Å²) in [5, 5.41) is 10.4. The Kier molecular flexibility index (Phi) is 10.8. The van der Waals surface area contributed by atoms with Gasteiger partial charge in [0.1, 0.15) is 5.75 Å². The molecule has 1 aromatic carbocycles. The third-order valence-corrected chi connectivity index (χ3v) is 5.41. The summed E-state index contributed by atoms with van der Waals surface area (Å²) in [7, 11) is 3.36. The smallest absolute Gasteiger partial charge is 0.251 e. The highest BCUT2D eigenvalue weighted by Crippen LogP contribution is 2.27. The first-order valence-corrected chi connectivity index (χ1v) is 9.87. The minimum absolute atomic E-state index is 0. The zero-order valence-electron chi connectivity index (χ0n) is 15.6. The Balaban J connectivity index is 0.00000338. The van der Waals surface area contributed by atoms with E-state index in [9.17, 15) is 4.79 Å². The summed E-state index contributed by atoms with van der Waals surface area (Å²) in [5.41, 5.74) is 0.593. The van der Waals surface area contributed by atoms with Crippen molar-refractivity contribution in [1.82, 2.24) is 16.0 Å². The number of carbonyl (C=O) groups is 1. The molecule has 0 spiro atoms. The van der Waals surface area contributed by atoms with Crippen molar-refractivity contribution < 1.29 is 9.53 Å². The molecule has 0 heterocycles. The van der Waals surface area contributed by atoms with Crippen LogP contribution in [0.5, 0.6) is 5.75 Å². The Labute approximate surface area is 177 Å². The molecule has 2 rings (SSSR count). The molecular weight excluding hydrogens is 463 g/mol. The van der Waals surface area contributed by atoms with Gasteiger partial charge in [0.15, 0.2) is 5.96 Å². The SMILES string of the molecule is CN=C(NCCNC(=O)c1cccc(OC)c1)NC1CCC(SC)C1.I. The predicted molar refractivity (Wildman–Crippen MR) is 120 cm³/mol. The van der Waals surface area contributed by atoms with Crippen LogP contribution in [0, 0.1) is 0 Å². The van der Waals surface area contributed by atoms with E-state index < -0.39 is 0 Å². The molecule has 1 amide bonds. The molecule has 1 saturated carbocycles. The number of aliphatic imine (C=N–C) groups is 1. The van der Waals surface area contributed by atoms with E-state index in [2.05, 4.69) is 27.2 Å². The van der Waals surface area contributed by atoms with Crippen LogP contribution in [0.25, 0.3) is 0 Å². The number of hydrogen-bond acceptors (Lipinski definition) is 4. The van der Waals surface area contributed by atoms with E-state index in [1.54, 1.807) is 32.4 Å². The van der Waals surface area contributed by atoms with Crippen LogP contribution < -0.4 is 20.7 Å². The lowest BCUT2D eigenvalue weighted by Crippen LogP contribution is -2.45. The van der Waals surface area contributed by atoms with Crippen molar-refractivity contribution in [2.75, 3.05) is 33.5 Å². The van der Waals surface area contributed by atoms with Crippen molar-refractivity contribution in [2.45, 2.75) is 30.6 Å². The van der Waals surface area contributed by atoms with Crippen LogP contribution in [-0.4, -0.2) is 56.7 Å². The molecular formula is C18H29IN4O2S. The van der Waals surface area contributed by atoms with E-state index >= 15 is 0 Å². The highest BCUT2D eigenvalue weighted by atomic mass is 127. The molecule has 1 aliphatic rings. The zero-order valence-corrected chi connectivity index (χ0v) is 18.7. The lowest BCUT2D eigenvalue weighted by molar-refractivity contribution is 0.0954. The number of methoxy groups -OCH3 is 1. The van der Waals surface area contributed by atoms with Gasteiger partial charge in [0.25, 0.3) is 5.91 Å². The number of nitrogens with zero attached hydrogens (tertiary/aromatic N) is 1. The van der Waals surface area contributed by atoms with Crippen LogP contribution in [0.2, 0.25) is 0 Å². The number of halogens is 1. The molecule has 1 fully saturated rings. The molecule has 2 unspecified atom stereocenters. The number of rotatable bonds is 7. The van der Waals surface area contributed by atoms with Crippen LogP contribution in [0.1, 0.15) is 29.6 Å². The maximum absolute atomic E-state index is 12.1. The van der Waals surface area contributed by atoms with Crippen molar-refractivity contribution in [1.29, 1.82) is 0 Å². The molecule has 2 atom stereocenters. The van der Waals surface area contributed by atoms with E-state index in [1.807, 2.05) is 17.8 Å². The van der Waals surface area contributed by atoms with Crippen molar-refractivity contribution in [2.24, 2.45) is 4.99 Å². The van der Waals surface area contributed by atoms with Crippen LogP contribution in [0.3, 0.4) is 0 Å². The third-order valence-electron chi connectivity index (χ3n) is 4.32. The Morgan fingerprint density at radius 3 is 2.73 bits per heavy atom. The number of thioether (sulfide) groups is 1. The fourth-order valence-electron chi connectivity index (χ4n) is 2.90. The van der Waals surface area contributed by atoms with Crippen LogP contribution >= 0.6 is 35.7 Å². The van der Waals surface area contributed by atoms with Gasteiger partial charge in [-0.3, -0.25) is 9.79 Å². The van der Waals surface area contributed by atoms with Gasteiger partial charge in [-0.05, 0) is 43.7 Å². The van der Waals surface area contributed by atoms with Crippen molar-refractivity contribution in [3.05, 3.63) is 29.8 Å². The van der Waals surface area contributed by atoms with Crippen LogP contribution in [-0.2, 0) is 0 Å². The van der Waals surface area contributed by atoms with Crippen molar-refractivity contribution in [3.8, 4) is 5.75 Å². The number of benzene rings is 1. The fraction of sp³-hybridized carbons (Fsp3) is 0.556. The average Bonchev–Trinajstić information content (AvgIpc) is 3.11. The Morgan fingerprint density at radius 1 is 1.31 bits per heavy atom. The first-order valence-electron chi connectivity index (χ1n) is 8.58. The predicted octanol–water partition coefficient (Wildman–Crippen LogP) is 2.49.